The van der Waals surface area contributed by atoms with E-state index >= 15 is 0 Å². The Bertz CT molecular complexity index is 1170. The topological polar surface area (TPSA) is 101 Å². The summed E-state index contributed by atoms with van der Waals surface area (Å²) in [7, 11) is 0. The van der Waals surface area contributed by atoms with Gasteiger partial charge < -0.3 is 19.7 Å². The van der Waals surface area contributed by atoms with Crippen LogP contribution < -0.4 is 5.32 Å². The summed E-state index contributed by atoms with van der Waals surface area (Å²) in [4.78, 5) is 28.8. The minimum atomic E-state index is -5.08. The van der Waals surface area contributed by atoms with Crippen LogP contribution in [0.1, 0.15) is 36.8 Å². The van der Waals surface area contributed by atoms with Crippen molar-refractivity contribution in [1.82, 2.24) is 24.2 Å². The van der Waals surface area contributed by atoms with Crippen molar-refractivity contribution in [2.75, 3.05) is 39.4 Å². The van der Waals surface area contributed by atoms with E-state index in [9.17, 15) is 18.0 Å². The van der Waals surface area contributed by atoms with Crippen LogP contribution >= 0.6 is 0 Å². The highest BCUT2D eigenvalue weighted by Gasteiger charge is 2.38. The van der Waals surface area contributed by atoms with E-state index in [1.807, 2.05) is 34.9 Å². The summed E-state index contributed by atoms with van der Waals surface area (Å²) < 4.78 is 41.2. The average Bonchev–Trinajstić information content (AvgIpc) is 3.48. The number of alkyl halides is 3. The zero-order valence-electron chi connectivity index (χ0n) is 20.2. The summed E-state index contributed by atoms with van der Waals surface area (Å²) in [5.41, 5.74) is 2.31. The minimum Gasteiger partial charge on any atom is -0.475 e. The molecule has 9 nitrogen and oxygen atoms in total. The molecular weight excluding hydrogens is 479 g/mol. The Hall–Kier alpha value is -3.38. The smallest absolute Gasteiger partial charge is 0.475 e. The summed E-state index contributed by atoms with van der Waals surface area (Å²) in [6, 6.07) is 8.27. The van der Waals surface area contributed by atoms with E-state index in [1.165, 1.54) is 0 Å². The van der Waals surface area contributed by atoms with Crippen LogP contribution in [0.2, 0.25) is 0 Å². The van der Waals surface area contributed by atoms with Gasteiger partial charge in [-0.15, -0.1) is 0 Å². The molecule has 2 N–H and O–H groups in total. The number of carbonyl (C=O) groups is 2. The number of nitrogens with one attached hydrogen (secondary N) is 1. The number of aromatic nitrogens is 3. The maximum atomic E-state index is 12.8. The number of pyridine rings is 1. The number of hydrogen-bond donors (Lipinski definition) is 2. The molecule has 0 aromatic carbocycles. The Labute approximate surface area is 206 Å². The van der Waals surface area contributed by atoms with E-state index in [0.29, 0.717) is 18.3 Å². The number of rotatable bonds is 7. The quantitative estimate of drug-likeness (QED) is 0.473. The fraction of sp³-hybridized carbons (Fsp3) is 0.458. The number of amides is 1. The Morgan fingerprint density at radius 3 is 2.47 bits per heavy atom. The number of nitrogens with zero attached hydrogens (tertiary/aromatic N) is 4. The average molecular weight is 510 g/mol. The fourth-order valence-corrected chi connectivity index (χ4v) is 3.69. The summed E-state index contributed by atoms with van der Waals surface area (Å²) in [6.45, 7) is 9.44. The van der Waals surface area contributed by atoms with Crippen LogP contribution in [0, 0.1) is 0 Å². The van der Waals surface area contributed by atoms with Gasteiger partial charge >= 0.3 is 12.1 Å². The predicted molar refractivity (Wildman–Crippen MR) is 127 cm³/mol. The second-order valence-corrected chi connectivity index (χ2v) is 8.55. The van der Waals surface area contributed by atoms with Crippen molar-refractivity contribution in [3.8, 4) is 11.4 Å². The molecule has 3 aromatic heterocycles. The number of carboxylic acid groups (broad SMARTS) is 1. The lowest BCUT2D eigenvalue weighted by Gasteiger charge is -2.26. The lowest BCUT2D eigenvalue weighted by Crippen LogP contribution is -2.38. The first kappa shape index (κ1) is 27.2. The molecule has 0 bridgehead atoms. The van der Waals surface area contributed by atoms with E-state index in [4.69, 9.17) is 19.6 Å². The van der Waals surface area contributed by atoms with Gasteiger partial charge in [0.05, 0.1) is 18.7 Å². The van der Waals surface area contributed by atoms with Crippen molar-refractivity contribution in [1.29, 1.82) is 0 Å². The maximum absolute atomic E-state index is 12.8. The molecule has 1 amide bonds. The van der Waals surface area contributed by atoms with Crippen molar-refractivity contribution >= 4 is 17.4 Å². The number of carbonyl (C=O) groups excluding carboxylic acids is 1. The molecule has 196 valence electrons. The number of hydrogen-bond acceptors (Lipinski definition) is 5. The van der Waals surface area contributed by atoms with Crippen LogP contribution in [0.5, 0.6) is 0 Å². The maximum Gasteiger partial charge on any atom is 0.490 e. The van der Waals surface area contributed by atoms with Gasteiger partial charge in [0.2, 0.25) is 0 Å². The minimum absolute atomic E-state index is 0.120. The van der Waals surface area contributed by atoms with Gasteiger partial charge in [-0.2, -0.15) is 13.2 Å². The molecule has 1 fully saturated rings. The van der Waals surface area contributed by atoms with Gasteiger partial charge in [0.1, 0.15) is 5.82 Å². The molecular formula is C24H30F3N5O4. The first-order valence-electron chi connectivity index (χ1n) is 11.6. The number of carboxylic acids is 1. The first-order chi connectivity index (χ1) is 17.1. The molecule has 1 aliphatic rings. The van der Waals surface area contributed by atoms with Crippen LogP contribution in [0.25, 0.3) is 16.9 Å². The molecule has 4 rings (SSSR count). The normalized spacial score (nSPS) is 14.5. The third-order valence-electron chi connectivity index (χ3n) is 5.62. The summed E-state index contributed by atoms with van der Waals surface area (Å²) in [5.74, 6) is -2.09. The second-order valence-electron chi connectivity index (χ2n) is 8.55. The van der Waals surface area contributed by atoms with Gasteiger partial charge in [-0.1, -0.05) is 6.07 Å². The van der Waals surface area contributed by atoms with Gasteiger partial charge in [-0.25, -0.2) is 9.78 Å². The molecule has 1 saturated heterocycles. The van der Waals surface area contributed by atoms with Gasteiger partial charge in [0.25, 0.3) is 5.91 Å². The largest absolute Gasteiger partial charge is 0.490 e. The standard InChI is InChI=1S/C22H29N5O2.C2HF3O2/c1-17(2)26-11-7-18(16-26)21-24-20(19-6-3-4-10-27(19)21)22(28)23-8-5-9-25-12-14-29-15-13-25;3-2(4,5)1(6)7/h3-4,6-7,10-11,16-17H,5,8-9,12-15H2,1-2H3,(H,23,28);(H,6,7). The van der Waals surface area contributed by atoms with E-state index in [-0.39, 0.29) is 5.91 Å². The molecule has 0 atom stereocenters. The molecule has 4 heterocycles. The molecule has 0 saturated carbocycles. The highest BCUT2D eigenvalue weighted by Crippen LogP contribution is 2.24. The SMILES string of the molecule is CC(C)n1ccc(-c2nc(C(=O)NCCCN3CCOCC3)c3ccccn23)c1.O=C(O)C(F)(F)F. The fourth-order valence-electron chi connectivity index (χ4n) is 3.69. The molecule has 36 heavy (non-hydrogen) atoms. The van der Waals surface area contributed by atoms with E-state index in [0.717, 1.165) is 56.2 Å². The van der Waals surface area contributed by atoms with Crippen molar-refractivity contribution in [2.45, 2.75) is 32.5 Å². The third-order valence-corrected chi connectivity index (χ3v) is 5.62. The Morgan fingerprint density at radius 1 is 1.17 bits per heavy atom. The van der Waals surface area contributed by atoms with Crippen molar-refractivity contribution in [3.05, 3.63) is 48.5 Å². The molecule has 0 unspecified atom stereocenters. The van der Waals surface area contributed by atoms with Crippen molar-refractivity contribution in [2.24, 2.45) is 0 Å². The van der Waals surface area contributed by atoms with Crippen LogP contribution in [0.3, 0.4) is 0 Å². The predicted octanol–water partition coefficient (Wildman–Crippen LogP) is 3.47. The van der Waals surface area contributed by atoms with Crippen LogP contribution in [-0.4, -0.2) is 81.4 Å². The highest BCUT2D eigenvalue weighted by atomic mass is 19.4. The number of aliphatic carboxylic acids is 1. The molecule has 12 heteroatoms. The van der Waals surface area contributed by atoms with E-state index in [2.05, 4.69) is 41.0 Å². The number of fused-ring (bicyclic) bond motifs is 1. The van der Waals surface area contributed by atoms with Crippen LogP contribution in [0.4, 0.5) is 13.2 Å². The van der Waals surface area contributed by atoms with Gasteiger partial charge in [0.15, 0.2) is 5.69 Å². The Balaban J connectivity index is 0.000000454. The highest BCUT2D eigenvalue weighted by molar-refractivity contribution is 6.00. The van der Waals surface area contributed by atoms with Gasteiger partial charge in [-0.3, -0.25) is 14.1 Å². The van der Waals surface area contributed by atoms with Crippen LogP contribution in [0.15, 0.2) is 42.9 Å². The molecule has 0 aliphatic carbocycles. The zero-order valence-corrected chi connectivity index (χ0v) is 20.2. The third kappa shape index (κ3) is 7.08. The lowest BCUT2D eigenvalue weighted by molar-refractivity contribution is -0.192. The summed E-state index contributed by atoms with van der Waals surface area (Å²) in [6.07, 6.45) is 1.92. The molecule has 0 spiro atoms. The summed E-state index contributed by atoms with van der Waals surface area (Å²) in [5, 5.41) is 10.2. The first-order valence-corrected chi connectivity index (χ1v) is 11.6. The number of ether oxygens (including phenoxy) is 1. The lowest BCUT2D eigenvalue weighted by atomic mass is 10.3. The number of halogens is 3. The number of morpholine rings is 1. The Morgan fingerprint density at radius 2 is 1.86 bits per heavy atom. The van der Waals surface area contributed by atoms with Gasteiger partial charge in [0, 0.05) is 49.8 Å². The monoisotopic (exact) mass is 509 g/mol. The second kappa shape index (κ2) is 12.0. The van der Waals surface area contributed by atoms with E-state index in [1.54, 1.807) is 0 Å². The molecule has 3 aromatic rings. The van der Waals surface area contributed by atoms with E-state index < -0.39 is 12.1 Å². The van der Waals surface area contributed by atoms with Crippen LogP contribution in [-0.2, 0) is 9.53 Å². The Kier molecular flexibility index (Phi) is 9.10. The van der Waals surface area contributed by atoms with Crippen molar-refractivity contribution < 1.29 is 32.6 Å². The summed E-state index contributed by atoms with van der Waals surface area (Å²) >= 11 is 0. The molecule has 0 radical (unpaired) electrons. The molecule has 1 aliphatic heterocycles. The number of imidazole rings is 1. The zero-order chi connectivity index (χ0) is 26.3. The van der Waals surface area contributed by atoms with Crippen molar-refractivity contribution in [3.63, 3.8) is 0 Å². The van der Waals surface area contributed by atoms with Gasteiger partial charge in [-0.05, 0) is 45.0 Å².